The molecular formula is C15H13F3N2O4. The lowest BCUT2D eigenvalue weighted by molar-refractivity contribution is -0.385. The first-order chi connectivity index (χ1) is 11.2. The monoisotopic (exact) mass is 342 g/mol. The van der Waals surface area contributed by atoms with Crippen molar-refractivity contribution < 1.29 is 27.9 Å². The number of rotatable bonds is 5. The van der Waals surface area contributed by atoms with Crippen molar-refractivity contribution in [2.45, 2.75) is 12.2 Å². The first kappa shape index (κ1) is 17.7. The van der Waals surface area contributed by atoms with Crippen molar-refractivity contribution in [3.63, 3.8) is 0 Å². The summed E-state index contributed by atoms with van der Waals surface area (Å²) in [6.45, 7) is -0.514. The molecule has 0 radical (unpaired) electrons. The van der Waals surface area contributed by atoms with Crippen molar-refractivity contribution in [3.8, 4) is 11.5 Å². The van der Waals surface area contributed by atoms with Gasteiger partial charge >= 0.3 is 6.18 Å². The van der Waals surface area contributed by atoms with E-state index in [2.05, 4.69) is 0 Å². The minimum atomic E-state index is -4.53. The Balaban J connectivity index is 2.40. The van der Waals surface area contributed by atoms with Gasteiger partial charge in [-0.1, -0.05) is 6.07 Å². The quantitative estimate of drug-likeness (QED) is 0.641. The van der Waals surface area contributed by atoms with Gasteiger partial charge in [0, 0.05) is 17.7 Å². The number of aliphatic hydroxyl groups excluding tert-OH is 1. The molecule has 2 rings (SSSR count). The second kappa shape index (κ2) is 6.85. The van der Waals surface area contributed by atoms with E-state index in [1.165, 1.54) is 18.2 Å². The molecule has 0 spiro atoms. The minimum absolute atomic E-state index is 0.0291. The first-order valence-corrected chi connectivity index (χ1v) is 6.72. The van der Waals surface area contributed by atoms with Crippen LogP contribution in [-0.4, -0.2) is 16.6 Å². The molecule has 0 amide bonds. The van der Waals surface area contributed by atoms with Crippen molar-refractivity contribution in [3.05, 3.63) is 63.7 Å². The Morgan fingerprint density at radius 2 is 1.96 bits per heavy atom. The van der Waals surface area contributed by atoms with Crippen LogP contribution in [0.4, 0.5) is 18.9 Å². The van der Waals surface area contributed by atoms with Gasteiger partial charge < -0.3 is 15.6 Å². The highest BCUT2D eigenvalue weighted by Gasteiger charge is 2.30. The van der Waals surface area contributed by atoms with Gasteiger partial charge in [0.15, 0.2) is 0 Å². The molecule has 0 aliphatic heterocycles. The van der Waals surface area contributed by atoms with Crippen molar-refractivity contribution in [2.24, 2.45) is 5.73 Å². The fourth-order valence-corrected chi connectivity index (χ4v) is 1.99. The van der Waals surface area contributed by atoms with E-state index in [-0.39, 0.29) is 22.7 Å². The maximum absolute atomic E-state index is 12.7. The molecule has 2 aromatic carbocycles. The van der Waals surface area contributed by atoms with Crippen LogP contribution >= 0.6 is 0 Å². The highest BCUT2D eigenvalue weighted by atomic mass is 19.4. The number of aliphatic hydroxyl groups is 1. The highest BCUT2D eigenvalue weighted by molar-refractivity contribution is 5.47. The van der Waals surface area contributed by atoms with E-state index in [1.54, 1.807) is 0 Å². The zero-order chi connectivity index (χ0) is 17.9. The Morgan fingerprint density at radius 3 is 2.54 bits per heavy atom. The van der Waals surface area contributed by atoms with Crippen LogP contribution in [-0.2, 0) is 6.18 Å². The average Bonchev–Trinajstić information content (AvgIpc) is 2.53. The number of nitrogens with zero attached hydrogens (tertiary/aromatic N) is 1. The minimum Gasteiger partial charge on any atom is -0.457 e. The molecule has 6 nitrogen and oxygen atoms in total. The van der Waals surface area contributed by atoms with Gasteiger partial charge in [0.1, 0.15) is 11.5 Å². The second-order valence-electron chi connectivity index (χ2n) is 4.90. The van der Waals surface area contributed by atoms with Gasteiger partial charge in [-0.15, -0.1) is 0 Å². The van der Waals surface area contributed by atoms with Gasteiger partial charge in [0.25, 0.3) is 5.69 Å². The molecule has 0 aromatic heterocycles. The number of hydrogen-bond donors (Lipinski definition) is 2. The van der Waals surface area contributed by atoms with E-state index < -0.39 is 29.3 Å². The van der Waals surface area contributed by atoms with Crippen LogP contribution in [0.1, 0.15) is 17.2 Å². The molecule has 0 heterocycles. The summed E-state index contributed by atoms with van der Waals surface area (Å²) in [5, 5.41) is 20.0. The number of non-ortho nitro benzene ring substituents is 1. The zero-order valence-electron chi connectivity index (χ0n) is 12.2. The van der Waals surface area contributed by atoms with Gasteiger partial charge in [-0.05, 0) is 24.3 Å². The van der Waals surface area contributed by atoms with E-state index in [4.69, 9.17) is 15.6 Å². The first-order valence-electron chi connectivity index (χ1n) is 6.72. The topological polar surface area (TPSA) is 98.6 Å². The molecule has 3 N–H and O–H groups in total. The van der Waals surface area contributed by atoms with Crippen LogP contribution in [0.25, 0.3) is 0 Å². The molecule has 0 unspecified atom stereocenters. The third-order valence-electron chi connectivity index (χ3n) is 3.19. The summed E-state index contributed by atoms with van der Waals surface area (Å²) in [6.07, 6.45) is -4.53. The maximum atomic E-state index is 12.7. The lowest BCUT2D eigenvalue weighted by Gasteiger charge is -2.16. The fraction of sp³-hybridized carbons (Fsp3) is 0.200. The predicted octanol–water partition coefficient (Wildman–Crippen LogP) is 3.40. The van der Waals surface area contributed by atoms with Crippen LogP contribution in [0.5, 0.6) is 11.5 Å². The number of benzene rings is 2. The molecule has 2 aromatic rings. The van der Waals surface area contributed by atoms with Crippen molar-refractivity contribution in [1.82, 2.24) is 0 Å². The van der Waals surface area contributed by atoms with Gasteiger partial charge in [0.05, 0.1) is 23.1 Å². The number of halogens is 3. The Morgan fingerprint density at radius 1 is 1.25 bits per heavy atom. The van der Waals surface area contributed by atoms with E-state index in [0.717, 1.165) is 24.3 Å². The molecule has 0 bridgehead atoms. The maximum Gasteiger partial charge on any atom is 0.416 e. The molecule has 24 heavy (non-hydrogen) atoms. The summed E-state index contributed by atoms with van der Waals surface area (Å²) in [5.74, 6) is -0.0773. The summed E-state index contributed by atoms with van der Waals surface area (Å²) in [4.78, 5) is 10.2. The largest absolute Gasteiger partial charge is 0.457 e. The van der Waals surface area contributed by atoms with E-state index in [9.17, 15) is 23.3 Å². The van der Waals surface area contributed by atoms with E-state index in [1.807, 2.05) is 0 Å². The van der Waals surface area contributed by atoms with Gasteiger partial charge in [-0.25, -0.2) is 0 Å². The van der Waals surface area contributed by atoms with Gasteiger partial charge in [-0.3, -0.25) is 10.1 Å². The van der Waals surface area contributed by atoms with Crippen LogP contribution in [0.2, 0.25) is 0 Å². The molecule has 9 heteroatoms. The van der Waals surface area contributed by atoms with Crippen molar-refractivity contribution >= 4 is 5.69 Å². The Kier molecular flexibility index (Phi) is 5.05. The van der Waals surface area contributed by atoms with Crippen molar-refractivity contribution in [1.29, 1.82) is 0 Å². The molecule has 0 aliphatic rings. The molecule has 0 aliphatic carbocycles. The third kappa shape index (κ3) is 4.00. The summed E-state index contributed by atoms with van der Waals surface area (Å²) in [7, 11) is 0. The van der Waals surface area contributed by atoms with Gasteiger partial charge in [-0.2, -0.15) is 13.2 Å². The molecular weight excluding hydrogens is 329 g/mol. The molecule has 0 fully saturated rings. The van der Waals surface area contributed by atoms with Crippen LogP contribution in [0.15, 0.2) is 42.5 Å². The average molecular weight is 342 g/mol. The summed E-state index contributed by atoms with van der Waals surface area (Å²) >= 11 is 0. The lowest BCUT2D eigenvalue weighted by atomic mass is 10.1. The van der Waals surface area contributed by atoms with Crippen molar-refractivity contribution in [2.75, 3.05) is 6.61 Å². The van der Waals surface area contributed by atoms with Gasteiger partial charge in [0.2, 0.25) is 0 Å². The predicted molar refractivity (Wildman–Crippen MR) is 78.6 cm³/mol. The fourth-order valence-electron chi connectivity index (χ4n) is 1.99. The Hall–Kier alpha value is -2.65. The van der Waals surface area contributed by atoms with E-state index in [0.29, 0.717) is 0 Å². The Bertz CT molecular complexity index is 750. The third-order valence-corrected chi connectivity index (χ3v) is 3.19. The lowest BCUT2D eigenvalue weighted by Crippen LogP contribution is -2.15. The Labute approximate surface area is 134 Å². The molecule has 128 valence electrons. The smallest absolute Gasteiger partial charge is 0.416 e. The number of ether oxygens (including phenoxy) is 1. The summed E-state index contributed by atoms with van der Waals surface area (Å²) in [6, 6.07) is 6.67. The second-order valence-corrected chi connectivity index (χ2v) is 4.90. The number of nitrogens with two attached hydrogens (primary N) is 1. The molecule has 1 atom stereocenters. The van der Waals surface area contributed by atoms with Crippen LogP contribution in [0.3, 0.4) is 0 Å². The number of hydrogen-bond acceptors (Lipinski definition) is 5. The van der Waals surface area contributed by atoms with E-state index >= 15 is 0 Å². The number of nitro benzene ring substituents is 1. The van der Waals surface area contributed by atoms with Crippen LogP contribution < -0.4 is 10.5 Å². The summed E-state index contributed by atoms with van der Waals surface area (Å²) < 4.78 is 43.6. The molecule has 0 saturated carbocycles. The SMILES string of the molecule is N[C@H](CO)c1cc([N+](=O)[O-])ccc1Oc1cccc(C(F)(F)F)c1. The van der Waals surface area contributed by atoms with Crippen LogP contribution in [0, 0.1) is 10.1 Å². The highest BCUT2D eigenvalue weighted by Crippen LogP contribution is 2.35. The number of alkyl halides is 3. The molecule has 0 saturated heterocycles. The number of nitro groups is 1. The standard InChI is InChI=1S/C15H13F3N2O4/c16-15(17,18)9-2-1-3-11(6-9)24-14-5-4-10(20(22)23)7-12(14)13(19)8-21/h1-7,13,21H,8,19H2/t13-/m1/s1. The zero-order valence-corrected chi connectivity index (χ0v) is 12.2. The summed E-state index contributed by atoms with van der Waals surface area (Å²) in [5.41, 5.74) is 4.63. The normalized spacial score (nSPS) is 12.7.